The standard InChI is InChI=1S/C12H13BrN2OS/c1-3-9-7-14-12(17)15(9)10-6-8(13)4-5-11(10)16-2/h4-7H,3H2,1-2H3,(H,14,17). The van der Waals surface area contributed by atoms with E-state index in [1.807, 2.05) is 29.0 Å². The highest BCUT2D eigenvalue weighted by atomic mass is 79.9. The van der Waals surface area contributed by atoms with Gasteiger partial charge in [-0.1, -0.05) is 22.9 Å². The molecular formula is C12H13BrN2OS. The highest BCUT2D eigenvalue weighted by molar-refractivity contribution is 9.10. The Morgan fingerprint density at radius 3 is 2.88 bits per heavy atom. The van der Waals surface area contributed by atoms with Crippen molar-refractivity contribution in [2.45, 2.75) is 13.3 Å². The summed E-state index contributed by atoms with van der Waals surface area (Å²) in [6.07, 6.45) is 2.84. The first-order valence-electron chi connectivity index (χ1n) is 5.30. The molecule has 0 aliphatic rings. The normalized spacial score (nSPS) is 10.5. The maximum Gasteiger partial charge on any atom is 0.182 e. The molecule has 0 spiro atoms. The minimum atomic E-state index is 0.679. The average Bonchev–Trinajstić information content (AvgIpc) is 2.70. The van der Waals surface area contributed by atoms with E-state index < -0.39 is 0 Å². The van der Waals surface area contributed by atoms with Crippen molar-refractivity contribution < 1.29 is 4.74 Å². The zero-order valence-electron chi connectivity index (χ0n) is 9.66. The summed E-state index contributed by atoms with van der Waals surface area (Å²) in [5, 5.41) is 0. The number of hydrogen-bond donors (Lipinski definition) is 1. The van der Waals surface area contributed by atoms with Gasteiger partial charge in [0.25, 0.3) is 0 Å². The number of benzene rings is 1. The van der Waals surface area contributed by atoms with Crippen molar-refractivity contribution in [1.82, 2.24) is 9.55 Å². The zero-order valence-corrected chi connectivity index (χ0v) is 12.1. The Morgan fingerprint density at radius 2 is 2.24 bits per heavy atom. The maximum atomic E-state index is 5.38. The molecule has 3 nitrogen and oxygen atoms in total. The van der Waals surface area contributed by atoms with Crippen LogP contribution >= 0.6 is 28.1 Å². The van der Waals surface area contributed by atoms with Crippen molar-refractivity contribution in [3.8, 4) is 11.4 Å². The summed E-state index contributed by atoms with van der Waals surface area (Å²) in [7, 11) is 1.66. The molecule has 17 heavy (non-hydrogen) atoms. The Bertz CT molecular complexity index is 588. The third-order valence-electron chi connectivity index (χ3n) is 2.60. The SMILES string of the molecule is CCc1c[nH]c(=S)n1-c1cc(Br)ccc1OC. The van der Waals surface area contributed by atoms with Crippen LogP contribution in [0.3, 0.4) is 0 Å². The molecule has 2 aromatic rings. The molecular weight excluding hydrogens is 300 g/mol. The molecule has 0 bridgehead atoms. The number of aromatic amines is 1. The monoisotopic (exact) mass is 312 g/mol. The molecule has 1 heterocycles. The summed E-state index contributed by atoms with van der Waals surface area (Å²) >= 11 is 8.78. The molecule has 0 aliphatic carbocycles. The minimum absolute atomic E-state index is 0.679. The molecule has 2 rings (SSSR count). The molecule has 1 aromatic heterocycles. The number of nitrogens with zero attached hydrogens (tertiary/aromatic N) is 1. The molecule has 0 saturated carbocycles. The highest BCUT2D eigenvalue weighted by Gasteiger charge is 2.10. The van der Waals surface area contributed by atoms with Crippen LogP contribution in [0.15, 0.2) is 28.9 Å². The summed E-state index contributed by atoms with van der Waals surface area (Å²) in [6, 6.07) is 5.87. The molecule has 0 radical (unpaired) electrons. The number of halogens is 1. The number of rotatable bonds is 3. The number of imidazole rings is 1. The average molecular weight is 313 g/mol. The third-order valence-corrected chi connectivity index (χ3v) is 3.39. The number of hydrogen-bond acceptors (Lipinski definition) is 2. The molecule has 5 heteroatoms. The lowest BCUT2D eigenvalue weighted by atomic mass is 10.2. The molecule has 0 unspecified atom stereocenters. The van der Waals surface area contributed by atoms with Crippen molar-refractivity contribution in [1.29, 1.82) is 0 Å². The molecule has 0 atom stereocenters. The van der Waals surface area contributed by atoms with Gasteiger partial charge in [0.15, 0.2) is 4.77 Å². The fourth-order valence-electron chi connectivity index (χ4n) is 1.77. The topological polar surface area (TPSA) is 29.9 Å². The second-order valence-corrected chi connectivity index (χ2v) is 4.89. The van der Waals surface area contributed by atoms with Crippen LogP contribution in [-0.2, 0) is 6.42 Å². The molecule has 1 N–H and O–H groups in total. The van der Waals surface area contributed by atoms with Crippen molar-refractivity contribution in [3.05, 3.63) is 39.3 Å². The van der Waals surface area contributed by atoms with Crippen molar-refractivity contribution in [2.24, 2.45) is 0 Å². The van der Waals surface area contributed by atoms with Crippen molar-refractivity contribution >= 4 is 28.1 Å². The first-order chi connectivity index (χ1) is 8.17. The Hall–Kier alpha value is -1.07. The summed E-state index contributed by atoms with van der Waals surface area (Å²) in [5.74, 6) is 0.804. The molecule has 0 saturated heterocycles. The van der Waals surface area contributed by atoms with E-state index in [1.54, 1.807) is 7.11 Å². The Balaban J connectivity index is 2.70. The van der Waals surface area contributed by atoms with Gasteiger partial charge in [-0.25, -0.2) is 0 Å². The first-order valence-corrected chi connectivity index (χ1v) is 6.50. The van der Waals surface area contributed by atoms with Gasteiger partial charge in [0, 0.05) is 16.4 Å². The van der Waals surface area contributed by atoms with E-state index in [1.165, 1.54) is 0 Å². The quantitative estimate of drug-likeness (QED) is 0.872. The van der Waals surface area contributed by atoms with Crippen LogP contribution in [0.5, 0.6) is 5.75 Å². The fraction of sp³-hybridized carbons (Fsp3) is 0.250. The Labute approximate surface area is 114 Å². The predicted molar refractivity (Wildman–Crippen MR) is 74.6 cm³/mol. The molecule has 90 valence electrons. The number of H-pyrrole nitrogens is 1. The highest BCUT2D eigenvalue weighted by Crippen LogP contribution is 2.28. The van der Waals surface area contributed by atoms with E-state index in [-0.39, 0.29) is 0 Å². The molecule has 0 fully saturated rings. The van der Waals surface area contributed by atoms with Crippen molar-refractivity contribution in [3.63, 3.8) is 0 Å². The van der Waals surface area contributed by atoms with Crippen LogP contribution in [-0.4, -0.2) is 16.7 Å². The van der Waals surface area contributed by atoms with Gasteiger partial charge in [0.2, 0.25) is 0 Å². The second-order valence-electron chi connectivity index (χ2n) is 3.59. The van der Waals surface area contributed by atoms with Crippen LogP contribution < -0.4 is 4.74 Å². The largest absolute Gasteiger partial charge is 0.495 e. The van der Waals surface area contributed by atoms with Gasteiger partial charge in [-0.3, -0.25) is 4.57 Å². The van der Waals surface area contributed by atoms with E-state index in [9.17, 15) is 0 Å². The Kier molecular flexibility index (Phi) is 3.69. The Morgan fingerprint density at radius 1 is 1.47 bits per heavy atom. The number of methoxy groups -OCH3 is 1. The summed E-state index contributed by atoms with van der Waals surface area (Å²) in [6.45, 7) is 2.10. The smallest absolute Gasteiger partial charge is 0.182 e. The number of nitrogens with one attached hydrogen (secondary N) is 1. The van der Waals surface area contributed by atoms with Crippen LogP contribution in [0, 0.1) is 4.77 Å². The first kappa shape index (κ1) is 12.4. The lowest BCUT2D eigenvalue weighted by Crippen LogP contribution is -2.02. The minimum Gasteiger partial charge on any atom is -0.495 e. The second kappa shape index (κ2) is 5.06. The van der Waals surface area contributed by atoms with Crippen LogP contribution in [0.4, 0.5) is 0 Å². The van der Waals surface area contributed by atoms with E-state index in [0.29, 0.717) is 4.77 Å². The van der Waals surface area contributed by atoms with Gasteiger partial charge >= 0.3 is 0 Å². The summed E-state index contributed by atoms with van der Waals surface area (Å²) < 4.78 is 9.05. The summed E-state index contributed by atoms with van der Waals surface area (Å²) in [5.41, 5.74) is 2.08. The zero-order chi connectivity index (χ0) is 12.4. The molecule has 0 amide bonds. The third kappa shape index (κ3) is 2.30. The molecule has 1 aromatic carbocycles. The van der Waals surface area contributed by atoms with Crippen LogP contribution in [0.1, 0.15) is 12.6 Å². The van der Waals surface area contributed by atoms with E-state index in [4.69, 9.17) is 17.0 Å². The van der Waals surface area contributed by atoms with E-state index in [0.717, 1.165) is 28.0 Å². The van der Waals surface area contributed by atoms with E-state index >= 15 is 0 Å². The maximum absolute atomic E-state index is 5.38. The number of aryl methyl sites for hydroxylation is 1. The summed E-state index contributed by atoms with van der Waals surface area (Å²) in [4.78, 5) is 3.06. The van der Waals surface area contributed by atoms with E-state index in [2.05, 4.69) is 27.8 Å². The van der Waals surface area contributed by atoms with Gasteiger partial charge < -0.3 is 9.72 Å². The van der Waals surface area contributed by atoms with Gasteiger partial charge in [0.1, 0.15) is 5.75 Å². The van der Waals surface area contributed by atoms with Gasteiger partial charge in [0.05, 0.1) is 12.8 Å². The molecule has 0 aliphatic heterocycles. The van der Waals surface area contributed by atoms with Gasteiger partial charge in [-0.15, -0.1) is 0 Å². The van der Waals surface area contributed by atoms with Gasteiger partial charge in [-0.2, -0.15) is 0 Å². The lowest BCUT2D eigenvalue weighted by molar-refractivity contribution is 0.412. The van der Waals surface area contributed by atoms with Gasteiger partial charge in [-0.05, 0) is 36.8 Å². The fourth-order valence-corrected chi connectivity index (χ4v) is 2.39. The van der Waals surface area contributed by atoms with Crippen molar-refractivity contribution in [2.75, 3.05) is 7.11 Å². The lowest BCUT2D eigenvalue weighted by Gasteiger charge is -2.12. The van der Waals surface area contributed by atoms with Crippen LogP contribution in [0.25, 0.3) is 5.69 Å². The number of aromatic nitrogens is 2. The predicted octanol–water partition coefficient (Wildman–Crippen LogP) is 3.87. The number of ether oxygens (including phenoxy) is 1. The van der Waals surface area contributed by atoms with Crippen LogP contribution in [0.2, 0.25) is 0 Å².